The van der Waals surface area contributed by atoms with Gasteiger partial charge in [0.25, 0.3) is 0 Å². The molecule has 1 aliphatic heterocycles. The molecular formula is C23H38O3. The predicted molar refractivity (Wildman–Crippen MR) is 107 cm³/mol. The van der Waals surface area contributed by atoms with Crippen molar-refractivity contribution in [3.05, 3.63) is 35.9 Å². The summed E-state index contributed by atoms with van der Waals surface area (Å²) in [4.78, 5) is 0. The summed E-state index contributed by atoms with van der Waals surface area (Å²) in [5.74, 6) is 0. The normalized spacial score (nSPS) is 20.2. The van der Waals surface area contributed by atoms with Crippen molar-refractivity contribution in [2.75, 3.05) is 13.2 Å². The third-order valence-corrected chi connectivity index (χ3v) is 5.27. The molecule has 1 fully saturated rings. The third kappa shape index (κ3) is 9.16. The minimum absolute atomic E-state index is 0.268. The van der Waals surface area contributed by atoms with Crippen molar-refractivity contribution >= 4 is 0 Å². The zero-order valence-electron chi connectivity index (χ0n) is 16.6. The monoisotopic (exact) mass is 362 g/mol. The fourth-order valence-electron chi connectivity index (χ4n) is 3.58. The van der Waals surface area contributed by atoms with Crippen molar-refractivity contribution in [2.24, 2.45) is 0 Å². The summed E-state index contributed by atoms with van der Waals surface area (Å²) in [6, 6.07) is 10.7. The summed E-state index contributed by atoms with van der Waals surface area (Å²) in [6.07, 6.45) is 13.8. The lowest BCUT2D eigenvalue weighted by atomic mass is 10.0. The molecule has 1 N–H and O–H groups in total. The van der Waals surface area contributed by atoms with Gasteiger partial charge in [0, 0.05) is 13.2 Å². The standard InChI is InChI=1S/C23H38O3/c1-2-3-4-5-6-10-18-25-21(19-20-12-8-7-9-13-20)15-16-23-22(26-23)14-11-17-24/h7-9,12-13,21-24H,2-6,10-11,14-19H2,1H3/t21?,22-,23-/m1/s1. The second-order valence-corrected chi connectivity index (χ2v) is 7.61. The van der Waals surface area contributed by atoms with Gasteiger partial charge in [0.2, 0.25) is 0 Å². The molecule has 0 saturated carbocycles. The van der Waals surface area contributed by atoms with Crippen molar-refractivity contribution in [1.82, 2.24) is 0 Å². The molecule has 1 saturated heterocycles. The zero-order chi connectivity index (χ0) is 18.5. The number of hydrogen-bond acceptors (Lipinski definition) is 3. The molecule has 0 spiro atoms. The molecule has 1 aromatic rings. The molecule has 0 bridgehead atoms. The van der Waals surface area contributed by atoms with Crippen LogP contribution in [0.5, 0.6) is 0 Å². The Balaban J connectivity index is 1.66. The first-order chi connectivity index (χ1) is 12.8. The first-order valence-corrected chi connectivity index (χ1v) is 10.7. The molecule has 0 radical (unpaired) electrons. The Morgan fingerprint density at radius 3 is 2.46 bits per heavy atom. The highest BCUT2D eigenvalue weighted by atomic mass is 16.6. The van der Waals surface area contributed by atoms with Gasteiger partial charge < -0.3 is 14.6 Å². The topological polar surface area (TPSA) is 42.0 Å². The van der Waals surface area contributed by atoms with Crippen LogP contribution in [-0.4, -0.2) is 36.6 Å². The Kier molecular flexibility index (Phi) is 10.9. The van der Waals surface area contributed by atoms with E-state index < -0.39 is 0 Å². The second kappa shape index (κ2) is 13.3. The van der Waals surface area contributed by atoms with Crippen LogP contribution in [-0.2, 0) is 15.9 Å². The molecule has 0 aliphatic carbocycles. The van der Waals surface area contributed by atoms with Gasteiger partial charge in [-0.05, 0) is 44.1 Å². The Bertz CT molecular complexity index is 448. The number of epoxide rings is 1. The van der Waals surface area contributed by atoms with Gasteiger partial charge in [-0.1, -0.05) is 69.4 Å². The van der Waals surface area contributed by atoms with E-state index >= 15 is 0 Å². The summed E-state index contributed by atoms with van der Waals surface area (Å²) in [5.41, 5.74) is 1.36. The molecule has 2 rings (SSSR count). The minimum atomic E-state index is 0.268. The molecule has 1 aromatic carbocycles. The molecule has 26 heavy (non-hydrogen) atoms. The Labute approximate surface area is 160 Å². The van der Waals surface area contributed by atoms with Gasteiger partial charge >= 0.3 is 0 Å². The van der Waals surface area contributed by atoms with Crippen molar-refractivity contribution in [3.63, 3.8) is 0 Å². The van der Waals surface area contributed by atoms with Crippen molar-refractivity contribution in [3.8, 4) is 0 Å². The van der Waals surface area contributed by atoms with E-state index in [2.05, 4.69) is 37.3 Å². The van der Waals surface area contributed by atoms with E-state index in [0.717, 1.165) is 38.7 Å². The SMILES string of the molecule is CCCCCCCCOC(CC[C@H]1O[C@@H]1CCCO)Cc1ccccc1. The van der Waals surface area contributed by atoms with E-state index in [1.807, 2.05) is 0 Å². The van der Waals surface area contributed by atoms with Gasteiger partial charge in [-0.2, -0.15) is 0 Å². The highest BCUT2D eigenvalue weighted by Gasteiger charge is 2.37. The zero-order valence-corrected chi connectivity index (χ0v) is 16.6. The van der Waals surface area contributed by atoms with Gasteiger partial charge in [0.15, 0.2) is 0 Å². The van der Waals surface area contributed by atoms with Crippen LogP contribution >= 0.6 is 0 Å². The highest BCUT2D eigenvalue weighted by molar-refractivity contribution is 5.15. The van der Waals surface area contributed by atoms with Crippen LogP contribution in [0, 0.1) is 0 Å². The van der Waals surface area contributed by atoms with Gasteiger partial charge in [0.1, 0.15) is 0 Å². The van der Waals surface area contributed by atoms with Crippen molar-refractivity contribution in [2.45, 2.75) is 95.9 Å². The smallest absolute Gasteiger partial charge is 0.0842 e. The van der Waals surface area contributed by atoms with Crippen LogP contribution in [0.15, 0.2) is 30.3 Å². The average Bonchev–Trinajstić information content (AvgIpc) is 3.42. The van der Waals surface area contributed by atoms with Crippen LogP contribution in [0.4, 0.5) is 0 Å². The minimum Gasteiger partial charge on any atom is -0.396 e. The van der Waals surface area contributed by atoms with Crippen LogP contribution in [0.25, 0.3) is 0 Å². The molecule has 148 valence electrons. The number of aliphatic hydroxyl groups is 1. The van der Waals surface area contributed by atoms with Gasteiger partial charge in [0.05, 0.1) is 18.3 Å². The number of aliphatic hydroxyl groups excluding tert-OH is 1. The lowest BCUT2D eigenvalue weighted by molar-refractivity contribution is 0.0424. The van der Waals surface area contributed by atoms with Gasteiger partial charge in [-0.15, -0.1) is 0 Å². The molecule has 1 aliphatic rings. The quantitative estimate of drug-likeness (QED) is 0.321. The fourth-order valence-corrected chi connectivity index (χ4v) is 3.58. The summed E-state index contributed by atoms with van der Waals surface area (Å²) in [5, 5.41) is 8.92. The fraction of sp³-hybridized carbons (Fsp3) is 0.739. The molecule has 1 unspecified atom stereocenters. The van der Waals surface area contributed by atoms with E-state index in [4.69, 9.17) is 14.6 Å². The Morgan fingerprint density at radius 1 is 0.962 bits per heavy atom. The van der Waals surface area contributed by atoms with Gasteiger partial charge in [-0.25, -0.2) is 0 Å². The molecular weight excluding hydrogens is 324 g/mol. The third-order valence-electron chi connectivity index (χ3n) is 5.27. The molecule has 0 aromatic heterocycles. The Hall–Kier alpha value is -0.900. The van der Waals surface area contributed by atoms with Crippen LogP contribution in [0.3, 0.4) is 0 Å². The van der Waals surface area contributed by atoms with E-state index in [0.29, 0.717) is 12.2 Å². The molecule has 3 heteroatoms. The van der Waals surface area contributed by atoms with E-state index in [-0.39, 0.29) is 12.7 Å². The number of unbranched alkanes of at least 4 members (excludes halogenated alkanes) is 5. The van der Waals surface area contributed by atoms with Gasteiger partial charge in [-0.3, -0.25) is 0 Å². The summed E-state index contributed by atoms with van der Waals surface area (Å²) in [7, 11) is 0. The maximum atomic E-state index is 8.92. The van der Waals surface area contributed by atoms with E-state index in [9.17, 15) is 0 Å². The first-order valence-electron chi connectivity index (χ1n) is 10.7. The molecule has 0 amide bonds. The van der Waals surface area contributed by atoms with Crippen LogP contribution in [0.1, 0.15) is 76.7 Å². The number of rotatable bonds is 16. The maximum absolute atomic E-state index is 8.92. The summed E-state index contributed by atoms with van der Waals surface area (Å²) < 4.78 is 12.0. The first kappa shape index (κ1) is 21.4. The van der Waals surface area contributed by atoms with E-state index in [1.54, 1.807) is 0 Å². The number of hydrogen-bond donors (Lipinski definition) is 1. The highest BCUT2D eigenvalue weighted by Crippen LogP contribution is 2.31. The Morgan fingerprint density at radius 2 is 1.69 bits per heavy atom. The predicted octanol–water partition coefficient (Wildman–Crippen LogP) is 5.29. The molecule has 3 nitrogen and oxygen atoms in total. The number of benzene rings is 1. The van der Waals surface area contributed by atoms with Crippen LogP contribution in [0.2, 0.25) is 0 Å². The van der Waals surface area contributed by atoms with Crippen molar-refractivity contribution in [1.29, 1.82) is 0 Å². The largest absolute Gasteiger partial charge is 0.396 e. The molecule has 1 heterocycles. The van der Waals surface area contributed by atoms with E-state index in [1.165, 1.54) is 44.1 Å². The second-order valence-electron chi connectivity index (χ2n) is 7.61. The summed E-state index contributed by atoms with van der Waals surface area (Å²) in [6.45, 7) is 3.41. The lowest BCUT2D eigenvalue weighted by Gasteiger charge is -2.18. The molecule has 3 atom stereocenters. The maximum Gasteiger partial charge on any atom is 0.0842 e. The average molecular weight is 363 g/mol. The number of ether oxygens (including phenoxy) is 2. The summed E-state index contributed by atoms with van der Waals surface area (Å²) >= 11 is 0. The lowest BCUT2D eigenvalue weighted by Crippen LogP contribution is -2.18. The van der Waals surface area contributed by atoms with Crippen LogP contribution < -0.4 is 0 Å². The van der Waals surface area contributed by atoms with Crippen molar-refractivity contribution < 1.29 is 14.6 Å².